The first-order valence-electron chi connectivity index (χ1n) is 8.11. The molecule has 1 N–H and O–H groups in total. The Balaban J connectivity index is 1.82. The summed E-state index contributed by atoms with van der Waals surface area (Å²) in [4.78, 5) is 12.4. The number of ether oxygens (including phenoxy) is 3. The highest BCUT2D eigenvalue weighted by Gasteiger charge is 2.20. The van der Waals surface area contributed by atoms with Crippen molar-refractivity contribution in [1.29, 1.82) is 5.26 Å². The number of methoxy groups -OCH3 is 1. The van der Waals surface area contributed by atoms with Crippen LogP contribution in [0, 0.1) is 11.3 Å². The molecule has 1 aromatic rings. The predicted molar refractivity (Wildman–Crippen MR) is 87.7 cm³/mol. The van der Waals surface area contributed by atoms with E-state index in [0.717, 1.165) is 25.7 Å². The summed E-state index contributed by atoms with van der Waals surface area (Å²) >= 11 is 0. The maximum Gasteiger partial charge on any atom is 0.262 e. The van der Waals surface area contributed by atoms with E-state index in [-0.39, 0.29) is 24.3 Å². The summed E-state index contributed by atoms with van der Waals surface area (Å²) in [6, 6.07) is 5.55. The topological polar surface area (TPSA) is 80.6 Å². The molecule has 0 spiro atoms. The zero-order valence-electron chi connectivity index (χ0n) is 13.6. The van der Waals surface area contributed by atoms with Crippen molar-refractivity contribution in [3.8, 4) is 23.3 Å². The van der Waals surface area contributed by atoms with Crippen LogP contribution in [0.25, 0.3) is 6.08 Å². The van der Waals surface area contributed by atoms with Gasteiger partial charge in [-0.3, -0.25) is 4.79 Å². The first-order valence-corrected chi connectivity index (χ1v) is 8.11. The number of nitriles is 1. The van der Waals surface area contributed by atoms with Gasteiger partial charge in [0.05, 0.1) is 7.11 Å². The van der Waals surface area contributed by atoms with Gasteiger partial charge in [0.2, 0.25) is 6.79 Å². The summed E-state index contributed by atoms with van der Waals surface area (Å²) in [5.74, 6) is 1.35. The summed E-state index contributed by atoms with van der Waals surface area (Å²) in [6.07, 6.45) is 6.91. The normalized spacial score (nSPS) is 17.2. The average Bonchev–Trinajstić information content (AvgIpc) is 3.06. The van der Waals surface area contributed by atoms with Crippen LogP contribution in [0.2, 0.25) is 0 Å². The van der Waals surface area contributed by atoms with E-state index in [2.05, 4.69) is 5.32 Å². The summed E-state index contributed by atoms with van der Waals surface area (Å²) < 4.78 is 16.0. The lowest BCUT2D eigenvalue weighted by Gasteiger charge is -2.22. The Kier molecular flexibility index (Phi) is 4.90. The second kappa shape index (κ2) is 7.26. The third-order valence-corrected chi connectivity index (χ3v) is 4.33. The lowest BCUT2D eigenvalue weighted by atomic mass is 9.95. The molecule has 6 nitrogen and oxygen atoms in total. The molecule has 1 saturated carbocycles. The molecule has 1 fully saturated rings. The molecule has 126 valence electrons. The van der Waals surface area contributed by atoms with Gasteiger partial charge < -0.3 is 19.5 Å². The monoisotopic (exact) mass is 328 g/mol. The van der Waals surface area contributed by atoms with Crippen molar-refractivity contribution in [3.63, 3.8) is 0 Å². The van der Waals surface area contributed by atoms with Crippen LogP contribution in [0.5, 0.6) is 17.2 Å². The van der Waals surface area contributed by atoms with Crippen LogP contribution in [0.4, 0.5) is 0 Å². The minimum Gasteiger partial charge on any atom is -0.496 e. The Morgan fingerprint density at radius 2 is 2.00 bits per heavy atom. The fourth-order valence-corrected chi connectivity index (χ4v) is 3.04. The summed E-state index contributed by atoms with van der Waals surface area (Å²) in [6.45, 7) is 0.152. The van der Waals surface area contributed by atoms with Crippen LogP contribution in [0.1, 0.15) is 37.7 Å². The number of carbonyl (C=O) groups excluding carboxylic acids is 1. The van der Waals surface area contributed by atoms with Gasteiger partial charge in [-0.15, -0.1) is 0 Å². The number of amides is 1. The second-order valence-corrected chi connectivity index (χ2v) is 5.93. The molecule has 0 saturated heterocycles. The zero-order valence-corrected chi connectivity index (χ0v) is 13.6. The molecule has 1 amide bonds. The average molecular weight is 328 g/mol. The molecule has 0 radical (unpaired) electrons. The third-order valence-electron chi connectivity index (χ3n) is 4.33. The van der Waals surface area contributed by atoms with Gasteiger partial charge in [0.25, 0.3) is 5.91 Å². The Hall–Kier alpha value is -2.68. The van der Waals surface area contributed by atoms with Gasteiger partial charge in [-0.05, 0) is 25.0 Å². The van der Waals surface area contributed by atoms with Crippen LogP contribution in [-0.4, -0.2) is 25.9 Å². The lowest BCUT2D eigenvalue weighted by molar-refractivity contribution is -0.117. The van der Waals surface area contributed by atoms with Crippen molar-refractivity contribution >= 4 is 12.0 Å². The van der Waals surface area contributed by atoms with E-state index >= 15 is 0 Å². The van der Waals surface area contributed by atoms with E-state index in [1.54, 1.807) is 12.1 Å². The summed E-state index contributed by atoms with van der Waals surface area (Å²) in [7, 11) is 1.53. The minimum atomic E-state index is -0.343. The molecule has 6 heteroatoms. The van der Waals surface area contributed by atoms with E-state index in [0.29, 0.717) is 22.8 Å². The molecule has 24 heavy (non-hydrogen) atoms. The Bertz CT molecular complexity index is 700. The van der Waals surface area contributed by atoms with Gasteiger partial charge in [0.1, 0.15) is 17.4 Å². The largest absolute Gasteiger partial charge is 0.496 e. The molecule has 0 atom stereocenters. The maximum absolute atomic E-state index is 12.4. The number of nitrogens with one attached hydrogen (secondary N) is 1. The number of rotatable bonds is 4. The fourth-order valence-electron chi connectivity index (χ4n) is 3.04. The van der Waals surface area contributed by atoms with Crippen molar-refractivity contribution < 1.29 is 19.0 Å². The van der Waals surface area contributed by atoms with Gasteiger partial charge in [-0.25, -0.2) is 0 Å². The van der Waals surface area contributed by atoms with Gasteiger partial charge in [-0.2, -0.15) is 5.26 Å². The Labute approximate surface area is 141 Å². The molecule has 0 bridgehead atoms. The van der Waals surface area contributed by atoms with Crippen molar-refractivity contribution in [2.45, 2.75) is 38.1 Å². The van der Waals surface area contributed by atoms with E-state index in [4.69, 9.17) is 14.2 Å². The molecule has 1 heterocycles. The molecule has 0 aromatic heterocycles. The summed E-state index contributed by atoms with van der Waals surface area (Å²) in [5.41, 5.74) is 0.662. The van der Waals surface area contributed by atoms with E-state index in [9.17, 15) is 10.1 Å². The minimum absolute atomic E-state index is 0.0535. The van der Waals surface area contributed by atoms with Gasteiger partial charge in [0.15, 0.2) is 11.5 Å². The van der Waals surface area contributed by atoms with Crippen LogP contribution < -0.4 is 19.5 Å². The van der Waals surface area contributed by atoms with Gasteiger partial charge in [-0.1, -0.05) is 19.3 Å². The number of fused-ring (bicyclic) bond motifs is 1. The fraction of sp³-hybridized carbons (Fsp3) is 0.444. The van der Waals surface area contributed by atoms with Gasteiger partial charge in [0, 0.05) is 17.7 Å². The van der Waals surface area contributed by atoms with Crippen LogP contribution >= 0.6 is 0 Å². The van der Waals surface area contributed by atoms with Crippen molar-refractivity contribution in [2.24, 2.45) is 0 Å². The molecule has 1 aliphatic heterocycles. The maximum atomic E-state index is 12.4. The van der Waals surface area contributed by atoms with Crippen LogP contribution in [-0.2, 0) is 4.79 Å². The van der Waals surface area contributed by atoms with Crippen molar-refractivity contribution in [1.82, 2.24) is 5.32 Å². The number of hydrogen-bond donors (Lipinski definition) is 1. The SMILES string of the molecule is COc1cc2c(cc1/C=C(\C#N)C(=O)NC1CCCCC1)OCO2. The number of nitrogens with zero attached hydrogens (tertiary/aromatic N) is 1. The quantitative estimate of drug-likeness (QED) is 0.679. The number of benzene rings is 1. The standard InChI is InChI=1S/C18H20N2O4/c1-22-15-9-17-16(23-11-24-17)8-12(15)7-13(10-19)18(21)20-14-5-3-2-4-6-14/h7-9,14H,2-6,11H2,1H3,(H,20,21)/b13-7+. The molecule has 3 rings (SSSR count). The first-order chi connectivity index (χ1) is 11.7. The Morgan fingerprint density at radius 3 is 2.67 bits per heavy atom. The highest BCUT2D eigenvalue weighted by atomic mass is 16.7. The summed E-state index contributed by atoms with van der Waals surface area (Å²) in [5, 5.41) is 12.3. The smallest absolute Gasteiger partial charge is 0.262 e. The highest BCUT2D eigenvalue weighted by molar-refractivity contribution is 6.02. The van der Waals surface area contributed by atoms with Gasteiger partial charge >= 0.3 is 0 Å². The van der Waals surface area contributed by atoms with Crippen molar-refractivity contribution in [3.05, 3.63) is 23.3 Å². The molecule has 1 aliphatic carbocycles. The van der Waals surface area contributed by atoms with Crippen LogP contribution in [0.3, 0.4) is 0 Å². The highest BCUT2D eigenvalue weighted by Crippen LogP contribution is 2.38. The lowest BCUT2D eigenvalue weighted by Crippen LogP contribution is -2.36. The molecule has 2 aliphatic rings. The predicted octanol–water partition coefficient (Wildman–Crippen LogP) is 2.78. The number of hydrogen-bond acceptors (Lipinski definition) is 5. The zero-order chi connectivity index (χ0) is 16.9. The van der Waals surface area contributed by atoms with Crippen LogP contribution in [0.15, 0.2) is 17.7 Å². The molecule has 0 unspecified atom stereocenters. The van der Waals surface area contributed by atoms with E-state index in [1.807, 2.05) is 6.07 Å². The number of carbonyl (C=O) groups is 1. The van der Waals surface area contributed by atoms with E-state index < -0.39 is 0 Å². The first kappa shape index (κ1) is 16.2. The third kappa shape index (κ3) is 3.46. The van der Waals surface area contributed by atoms with E-state index in [1.165, 1.54) is 19.6 Å². The molecule has 1 aromatic carbocycles. The van der Waals surface area contributed by atoms with Crippen molar-refractivity contribution in [2.75, 3.05) is 13.9 Å². The Morgan fingerprint density at radius 1 is 1.29 bits per heavy atom. The molecular formula is C18H20N2O4. The molecular weight excluding hydrogens is 308 g/mol. The second-order valence-electron chi connectivity index (χ2n) is 5.93.